The molecule has 32 heavy (non-hydrogen) atoms. The van der Waals surface area contributed by atoms with Gasteiger partial charge in [0.2, 0.25) is 5.91 Å². The SMILES string of the molecule is CCOC(=O)CCCCCCN1C(=O)CCC1/C=C/C(=O)Cc1cccc(C(F)(F)F)c1. The summed E-state index contributed by atoms with van der Waals surface area (Å²) >= 11 is 0. The number of allylic oxidation sites excluding steroid dienone is 1. The van der Waals surface area contributed by atoms with Gasteiger partial charge in [0.15, 0.2) is 5.78 Å². The molecule has 1 heterocycles. The molecule has 1 aliphatic heterocycles. The molecular weight excluding hydrogens is 423 g/mol. The van der Waals surface area contributed by atoms with Gasteiger partial charge in [-0.05, 0) is 43.9 Å². The molecule has 0 aliphatic carbocycles. The first-order valence-corrected chi connectivity index (χ1v) is 11.0. The lowest BCUT2D eigenvalue weighted by molar-refractivity contribution is -0.143. The van der Waals surface area contributed by atoms with Crippen molar-refractivity contribution >= 4 is 17.7 Å². The summed E-state index contributed by atoms with van der Waals surface area (Å²) in [5.41, 5.74) is -0.474. The number of alkyl halides is 3. The molecule has 1 unspecified atom stereocenters. The second-order valence-corrected chi connectivity index (χ2v) is 7.86. The Labute approximate surface area is 186 Å². The third-order valence-electron chi connectivity index (χ3n) is 5.35. The van der Waals surface area contributed by atoms with Gasteiger partial charge >= 0.3 is 12.1 Å². The summed E-state index contributed by atoms with van der Waals surface area (Å²) in [6.07, 6.45) is 3.23. The highest BCUT2D eigenvalue weighted by Gasteiger charge is 2.30. The lowest BCUT2D eigenvalue weighted by atomic mass is 10.0. The molecule has 1 aromatic rings. The fourth-order valence-corrected chi connectivity index (χ4v) is 3.72. The molecule has 1 fully saturated rings. The van der Waals surface area contributed by atoms with E-state index in [9.17, 15) is 27.6 Å². The first-order valence-electron chi connectivity index (χ1n) is 11.0. The minimum atomic E-state index is -4.45. The number of hydrogen-bond acceptors (Lipinski definition) is 4. The quantitative estimate of drug-likeness (QED) is 0.257. The smallest absolute Gasteiger partial charge is 0.416 e. The second-order valence-electron chi connectivity index (χ2n) is 7.86. The summed E-state index contributed by atoms with van der Waals surface area (Å²) in [5, 5.41) is 0. The van der Waals surface area contributed by atoms with E-state index in [4.69, 9.17) is 4.74 Å². The van der Waals surface area contributed by atoms with Crippen LogP contribution in [0, 0.1) is 0 Å². The molecule has 1 atom stereocenters. The van der Waals surface area contributed by atoms with Crippen molar-refractivity contribution in [2.75, 3.05) is 13.2 Å². The van der Waals surface area contributed by atoms with Crippen molar-refractivity contribution in [3.63, 3.8) is 0 Å². The molecule has 1 amide bonds. The summed E-state index contributed by atoms with van der Waals surface area (Å²) in [6, 6.07) is 4.57. The minimum absolute atomic E-state index is 0.0384. The van der Waals surface area contributed by atoms with Crippen LogP contribution in [0.4, 0.5) is 13.2 Å². The molecule has 1 aromatic carbocycles. The summed E-state index contributed by atoms with van der Waals surface area (Å²) in [7, 11) is 0. The van der Waals surface area contributed by atoms with E-state index in [1.165, 1.54) is 18.2 Å². The van der Waals surface area contributed by atoms with Crippen LogP contribution in [0.2, 0.25) is 0 Å². The predicted octanol–water partition coefficient (Wildman–Crippen LogP) is 4.88. The molecule has 0 saturated carbocycles. The molecule has 1 saturated heterocycles. The zero-order chi connectivity index (χ0) is 23.6. The summed E-state index contributed by atoms with van der Waals surface area (Å²) in [6.45, 7) is 2.73. The van der Waals surface area contributed by atoms with Gasteiger partial charge in [-0.1, -0.05) is 37.1 Å². The van der Waals surface area contributed by atoms with Gasteiger partial charge in [0, 0.05) is 25.8 Å². The first-order chi connectivity index (χ1) is 15.2. The molecule has 0 bridgehead atoms. The molecule has 0 N–H and O–H groups in total. The number of ether oxygens (including phenoxy) is 1. The zero-order valence-electron chi connectivity index (χ0n) is 18.3. The van der Waals surface area contributed by atoms with Gasteiger partial charge in [-0.2, -0.15) is 13.2 Å². The van der Waals surface area contributed by atoms with Crippen LogP contribution in [-0.4, -0.2) is 41.8 Å². The number of benzene rings is 1. The van der Waals surface area contributed by atoms with Gasteiger partial charge in [-0.3, -0.25) is 14.4 Å². The van der Waals surface area contributed by atoms with Crippen LogP contribution in [0.5, 0.6) is 0 Å². The number of nitrogens with zero attached hydrogens (tertiary/aromatic N) is 1. The Kier molecular flexibility index (Phi) is 9.94. The molecule has 1 aliphatic rings. The molecule has 5 nitrogen and oxygen atoms in total. The maximum atomic E-state index is 12.8. The number of hydrogen-bond donors (Lipinski definition) is 0. The van der Waals surface area contributed by atoms with Crippen LogP contribution in [-0.2, 0) is 31.7 Å². The maximum absolute atomic E-state index is 12.8. The average Bonchev–Trinajstić information content (AvgIpc) is 3.08. The van der Waals surface area contributed by atoms with Crippen molar-refractivity contribution < 1.29 is 32.3 Å². The summed E-state index contributed by atoms with van der Waals surface area (Å²) in [4.78, 5) is 37.5. The van der Waals surface area contributed by atoms with Crippen molar-refractivity contribution in [2.45, 2.75) is 70.5 Å². The van der Waals surface area contributed by atoms with Crippen LogP contribution in [0.1, 0.15) is 63.0 Å². The van der Waals surface area contributed by atoms with Crippen molar-refractivity contribution in [3.05, 3.63) is 47.5 Å². The van der Waals surface area contributed by atoms with Crippen molar-refractivity contribution in [2.24, 2.45) is 0 Å². The van der Waals surface area contributed by atoms with Crippen LogP contribution < -0.4 is 0 Å². The van der Waals surface area contributed by atoms with Gasteiger partial charge in [0.05, 0.1) is 18.2 Å². The van der Waals surface area contributed by atoms with Crippen LogP contribution in [0.25, 0.3) is 0 Å². The van der Waals surface area contributed by atoms with Gasteiger partial charge in [0.1, 0.15) is 0 Å². The average molecular weight is 454 g/mol. The van der Waals surface area contributed by atoms with E-state index in [1.807, 2.05) is 0 Å². The maximum Gasteiger partial charge on any atom is 0.416 e. The van der Waals surface area contributed by atoms with Gasteiger partial charge in [0.25, 0.3) is 0 Å². The number of ketones is 1. The van der Waals surface area contributed by atoms with Crippen molar-refractivity contribution in [3.8, 4) is 0 Å². The van der Waals surface area contributed by atoms with E-state index >= 15 is 0 Å². The van der Waals surface area contributed by atoms with E-state index in [0.29, 0.717) is 38.0 Å². The van der Waals surface area contributed by atoms with Crippen LogP contribution in [0.15, 0.2) is 36.4 Å². The van der Waals surface area contributed by atoms with E-state index in [2.05, 4.69) is 0 Å². The number of esters is 1. The molecule has 0 radical (unpaired) electrons. The van der Waals surface area contributed by atoms with Gasteiger partial charge in [-0.25, -0.2) is 0 Å². The number of unbranched alkanes of at least 4 members (excludes halogenated alkanes) is 3. The first kappa shape index (κ1) is 25.6. The Morgan fingerprint density at radius 1 is 1.19 bits per heavy atom. The molecule has 176 valence electrons. The van der Waals surface area contributed by atoms with Gasteiger partial charge < -0.3 is 9.64 Å². The third kappa shape index (κ3) is 8.48. The van der Waals surface area contributed by atoms with Crippen molar-refractivity contribution in [1.82, 2.24) is 4.90 Å². The van der Waals surface area contributed by atoms with E-state index in [1.54, 1.807) is 17.9 Å². The van der Waals surface area contributed by atoms with Crippen LogP contribution in [0.3, 0.4) is 0 Å². The highest BCUT2D eigenvalue weighted by molar-refractivity contribution is 5.91. The molecule has 2 rings (SSSR count). The lowest BCUT2D eigenvalue weighted by Crippen LogP contribution is -2.32. The standard InChI is InChI=1S/C24H30F3NO4/c1-2-32-23(31)10-5-3-4-6-15-28-20(12-14-22(28)30)11-13-21(29)17-18-8-7-9-19(16-18)24(25,26)27/h7-9,11,13,16,20H,2-6,10,12,14-15,17H2,1H3/b13-11+. The minimum Gasteiger partial charge on any atom is -0.466 e. The normalized spacial score (nSPS) is 16.7. The van der Waals surface area contributed by atoms with E-state index < -0.39 is 11.7 Å². The number of carbonyl (C=O) groups excluding carboxylic acids is 3. The molecule has 0 spiro atoms. The second kappa shape index (κ2) is 12.4. The number of amides is 1. The Morgan fingerprint density at radius 2 is 1.94 bits per heavy atom. The monoisotopic (exact) mass is 453 g/mol. The number of rotatable bonds is 12. The zero-order valence-corrected chi connectivity index (χ0v) is 18.3. The van der Waals surface area contributed by atoms with E-state index in [0.717, 1.165) is 37.8 Å². The van der Waals surface area contributed by atoms with E-state index in [-0.39, 0.29) is 30.1 Å². The highest BCUT2D eigenvalue weighted by atomic mass is 19.4. The fourth-order valence-electron chi connectivity index (χ4n) is 3.72. The number of carbonyl (C=O) groups is 3. The van der Waals surface area contributed by atoms with Gasteiger partial charge in [-0.15, -0.1) is 0 Å². The third-order valence-corrected chi connectivity index (χ3v) is 5.35. The molecule has 8 heteroatoms. The summed E-state index contributed by atoms with van der Waals surface area (Å²) < 4.78 is 43.3. The topological polar surface area (TPSA) is 63.7 Å². The Morgan fingerprint density at radius 3 is 2.66 bits per heavy atom. The largest absolute Gasteiger partial charge is 0.466 e. The van der Waals surface area contributed by atoms with Crippen molar-refractivity contribution in [1.29, 1.82) is 0 Å². The predicted molar refractivity (Wildman–Crippen MR) is 114 cm³/mol. The Hall–Kier alpha value is -2.64. The highest BCUT2D eigenvalue weighted by Crippen LogP contribution is 2.29. The Bertz CT molecular complexity index is 820. The molecule has 0 aromatic heterocycles. The number of halogens is 3. The van der Waals surface area contributed by atoms with Crippen LogP contribution >= 0.6 is 0 Å². The number of likely N-dealkylation sites (tertiary alicyclic amines) is 1. The Balaban J connectivity index is 1.79. The lowest BCUT2D eigenvalue weighted by Gasteiger charge is -2.22. The summed E-state index contributed by atoms with van der Waals surface area (Å²) in [5.74, 6) is -0.457. The molecular formula is C24H30F3NO4. The fraction of sp³-hybridized carbons (Fsp3) is 0.542.